The first-order chi connectivity index (χ1) is 7.83. The van der Waals surface area contributed by atoms with Crippen LogP contribution in [-0.4, -0.2) is 31.1 Å². The van der Waals surface area contributed by atoms with Crippen molar-refractivity contribution in [2.75, 3.05) is 13.1 Å². The number of nitrogens with one attached hydrogen (secondary N) is 2. The molecule has 2 N–H and O–H groups in total. The average Bonchev–Trinajstić information content (AvgIpc) is 2.66. The zero-order valence-corrected chi connectivity index (χ0v) is 8.90. The van der Waals surface area contributed by atoms with Gasteiger partial charge < -0.3 is 15.4 Å². The molecule has 0 aliphatic carbocycles. The standard InChI is InChI=1S/C12H14N2O2/c15-12(14-9-6-13-7-9)11-5-8-3-1-2-4-10(8)16-11/h1-4,9,11,13H,5-7H2,(H,14,15). The zero-order chi connectivity index (χ0) is 11.0. The van der Waals surface area contributed by atoms with Crippen molar-refractivity contribution >= 4 is 5.91 Å². The van der Waals surface area contributed by atoms with Crippen LogP contribution in [0.3, 0.4) is 0 Å². The molecule has 16 heavy (non-hydrogen) atoms. The van der Waals surface area contributed by atoms with Gasteiger partial charge in [0.2, 0.25) is 0 Å². The largest absolute Gasteiger partial charge is 0.480 e. The maximum atomic E-state index is 11.9. The Bertz CT molecular complexity index is 390. The smallest absolute Gasteiger partial charge is 0.261 e. The Kier molecular flexibility index (Phi) is 2.29. The minimum Gasteiger partial charge on any atom is -0.480 e. The summed E-state index contributed by atoms with van der Waals surface area (Å²) in [4.78, 5) is 11.9. The molecule has 2 aliphatic heterocycles. The van der Waals surface area contributed by atoms with Crippen LogP contribution in [0.4, 0.5) is 0 Å². The number of hydrogen-bond acceptors (Lipinski definition) is 3. The molecule has 0 spiro atoms. The molecule has 3 rings (SSSR count). The summed E-state index contributed by atoms with van der Waals surface area (Å²) in [6, 6.07) is 8.09. The molecule has 1 saturated heterocycles. The number of rotatable bonds is 2. The second-order valence-corrected chi connectivity index (χ2v) is 4.28. The number of carbonyl (C=O) groups excluding carboxylic acids is 1. The third-order valence-electron chi connectivity index (χ3n) is 3.07. The van der Waals surface area contributed by atoms with Crippen molar-refractivity contribution in [3.8, 4) is 5.75 Å². The third-order valence-corrected chi connectivity index (χ3v) is 3.07. The van der Waals surface area contributed by atoms with Crippen molar-refractivity contribution in [1.82, 2.24) is 10.6 Å². The van der Waals surface area contributed by atoms with Crippen molar-refractivity contribution < 1.29 is 9.53 Å². The summed E-state index contributed by atoms with van der Waals surface area (Å²) in [7, 11) is 0. The Morgan fingerprint density at radius 1 is 1.38 bits per heavy atom. The van der Waals surface area contributed by atoms with Crippen LogP contribution in [0.1, 0.15) is 5.56 Å². The molecule has 1 aromatic carbocycles. The molecule has 2 aliphatic rings. The van der Waals surface area contributed by atoms with Gasteiger partial charge in [0, 0.05) is 19.5 Å². The molecule has 1 amide bonds. The van der Waals surface area contributed by atoms with Crippen molar-refractivity contribution in [3.05, 3.63) is 29.8 Å². The van der Waals surface area contributed by atoms with E-state index in [0.29, 0.717) is 6.42 Å². The minimum atomic E-state index is -0.349. The highest BCUT2D eigenvalue weighted by atomic mass is 16.5. The Morgan fingerprint density at radius 3 is 2.88 bits per heavy atom. The molecule has 0 saturated carbocycles. The van der Waals surface area contributed by atoms with Gasteiger partial charge in [0.1, 0.15) is 5.75 Å². The van der Waals surface area contributed by atoms with Gasteiger partial charge in [-0.05, 0) is 11.6 Å². The highest BCUT2D eigenvalue weighted by molar-refractivity contribution is 5.82. The average molecular weight is 218 g/mol. The van der Waals surface area contributed by atoms with E-state index in [1.165, 1.54) is 0 Å². The summed E-state index contributed by atoms with van der Waals surface area (Å²) in [5.74, 6) is 0.845. The molecule has 0 radical (unpaired) electrons. The summed E-state index contributed by atoms with van der Waals surface area (Å²) in [6.07, 6.45) is 0.334. The Hall–Kier alpha value is -1.55. The lowest BCUT2D eigenvalue weighted by atomic mass is 10.1. The summed E-state index contributed by atoms with van der Waals surface area (Å²) < 4.78 is 5.61. The van der Waals surface area contributed by atoms with Crippen LogP contribution < -0.4 is 15.4 Å². The maximum absolute atomic E-state index is 11.9. The number of fused-ring (bicyclic) bond motifs is 1. The van der Waals surface area contributed by atoms with E-state index in [-0.39, 0.29) is 18.1 Å². The topological polar surface area (TPSA) is 50.4 Å². The Morgan fingerprint density at radius 2 is 2.19 bits per heavy atom. The van der Waals surface area contributed by atoms with Gasteiger partial charge in [-0.3, -0.25) is 4.79 Å². The number of amides is 1. The van der Waals surface area contributed by atoms with Gasteiger partial charge in [-0.1, -0.05) is 18.2 Å². The third kappa shape index (κ3) is 1.65. The fourth-order valence-electron chi connectivity index (χ4n) is 2.01. The second kappa shape index (κ2) is 3.79. The number of para-hydroxylation sites is 1. The monoisotopic (exact) mass is 218 g/mol. The summed E-state index contributed by atoms with van der Waals surface area (Å²) >= 11 is 0. The molecule has 1 unspecified atom stereocenters. The SMILES string of the molecule is O=C(NC1CNC1)C1Cc2ccccc2O1. The molecule has 0 aromatic heterocycles. The minimum absolute atomic E-state index is 0.00250. The van der Waals surface area contributed by atoms with E-state index >= 15 is 0 Å². The predicted octanol–water partition coefficient (Wildman–Crippen LogP) is 0.0781. The zero-order valence-electron chi connectivity index (χ0n) is 8.90. The number of carbonyl (C=O) groups is 1. The fraction of sp³-hybridized carbons (Fsp3) is 0.417. The lowest BCUT2D eigenvalue weighted by Gasteiger charge is -2.28. The molecule has 1 aromatic rings. The molecule has 4 nitrogen and oxygen atoms in total. The van der Waals surface area contributed by atoms with Crippen molar-refractivity contribution in [1.29, 1.82) is 0 Å². The van der Waals surface area contributed by atoms with Crippen LogP contribution in [0.2, 0.25) is 0 Å². The lowest BCUT2D eigenvalue weighted by Crippen LogP contribution is -2.59. The van der Waals surface area contributed by atoms with Gasteiger partial charge in [0.25, 0.3) is 5.91 Å². The molecule has 4 heteroatoms. The summed E-state index contributed by atoms with van der Waals surface area (Å²) in [5.41, 5.74) is 1.12. The first kappa shape index (κ1) is 9.66. The first-order valence-corrected chi connectivity index (χ1v) is 5.58. The van der Waals surface area contributed by atoms with Gasteiger partial charge in [0.15, 0.2) is 6.10 Å². The van der Waals surface area contributed by atoms with E-state index < -0.39 is 0 Å². The molecule has 84 valence electrons. The highest BCUT2D eigenvalue weighted by Gasteiger charge is 2.31. The maximum Gasteiger partial charge on any atom is 0.261 e. The van der Waals surface area contributed by atoms with Gasteiger partial charge in [-0.2, -0.15) is 0 Å². The van der Waals surface area contributed by atoms with Crippen LogP contribution in [0.15, 0.2) is 24.3 Å². The van der Waals surface area contributed by atoms with Gasteiger partial charge in [0.05, 0.1) is 6.04 Å². The predicted molar refractivity (Wildman–Crippen MR) is 59.4 cm³/mol. The van der Waals surface area contributed by atoms with Crippen LogP contribution in [0.25, 0.3) is 0 Å². The van der Waals surface area contributed by atoms with Crippen LogP contribution in [-0.2, 0) is 11.2 Å². The van der Waals surface area contributed by atoms with E-state index in [1.54, 1.807) is 0 Å². The van der Waals surface area contributed by atoms with Gasteiger partial charge in [-0.25, -0.2) is 0 Å². The molecule has 2 heterocycles. The number of ether oxygens (including phenoxy) is 1. The lowest BCUT2D eigenvalue weighted by molar-refractivity contribution is -0.128. The highest BCUT2D eigenvalue weighted by Crippen LogP contribution is 2.28. The Balaban J connectivity index is 1.64. The van der Waals surface area contributed by atoms with E-state index in [2.05, 4.69) is 10.6 Å². The molecule has 0 bridgehead atoms. The fourth-order valence-corrected chi connectivity index (χ4v) is 2.01. The van der Waals surface area contributed by atoms with Crippen LogP contribution in [0.5, 0.6) is 5.75 Å². The molecular weight excluding hydrogens is 204 g/mol. The molecular formula is C12H14N2O2. The van der Waals surface area contributed by atoms with E-state index in [9.17, 15) is 4.79 Å². The van der Waals surface area contributed by atoms with E-state index in [0.717, 1.165) is 24.4 Å². The number of benzene rings is 1. The normalized spacial score (nSPS) is 23.1. The second-order valence-electron chi connectivity index (χ2n) is 4.28. The van der Waals surface area contributed by atoms with E-state index in [4.69, 9.17) is 4.74 Å². The van der Waals surface area contributed by atoms with Crippen molar-refractivity contribution in [3.63, 3.8) is 0 Å². The first-order valence-electron chi connectivity index (χ1n) is 5.58. The van der Waals surface area contributed by atoms with Gasteiger partial charge >= 0.3 is 0 Å². The summed E-state index contributed by atoms with van der Waals surface area (Å²) in [6.45, 7) is 1.73. The van der Waals surface area contributed by atoms with Crippen molar-refractivity contribution in [2.45, 2.75) is 18.6 Å². The number of hydrogen-bond donors (Lipinski definition) is 2. The van der Waals surface area contributed by atoms with Gasteiger partial charge in [-0.15, -0.1) is 0 Å². The van der Waals surface area contributed by atoms with Crippen molar-refractivity contribution in [2.24, 2.45) is 0 Å². The molecule has 1 fully saturated rings. The van der Waals surface area contributed by atoms with Crippen LogP contribution in [0, 0.1) is 0 Å². The molecule has 1 atom stereocenters. The Labute approximate surface area is 94.0 Å². The quantitative estimate of drug-likeness (QED) is 0.739. The van der Waals surface area contributed by atoms with Crippen LogP contribution >= 0.6 is 0 Å². The summed E-state index contributed by atoms with van der Waals surface area (Å²) in [5, 5.41) is 6.09. The van der Waals surface area contributed by atoms with E-state index in [1.807, 2.05) is 24.3 Å².